The molecule has 0 atom stereocenters. The smallest absolute Gasteiger partial charge is 0.332 e. The van der Waals surface area contributed by atoms with Gasteiger partial charge >= 0.3 is 5.69 Å². The second kappa shape index (κ2) is 9.54. The van der Waals surface area contributed by atoms with Crippen molar-refractivity contribution in [3.63, 3.8) is 0 Å². The topological polar surface area (TPSA) is 110 Å². The van der Waals surface area contributed by atoms with Gasteiger partial charge in [-0.25, -0.2) is 13.2 Å². The van der Waals surface area contributed by atoms with Crippen molar-refractivity contribution in [3.8, 4) is 22.6 Å². The second-order valence-electron chi connectivity index (χ2n) is 7.44. The van der Waals surface area contributed by atoms with Crippen molar-refractivity contribution in [2.45, 2.75) is 0 Å². The molecule has 0 aliphatic carbocycles. The molecule has 0 aliphatic heterocycles. The zero-order valence-corrected chi connectivity index (χ0v) is 19.9. The highest BCUT2D eigenvalue weighted by molar-refractivity contribution is 7.92. The predicted molar refractivity (Wildman–Crippen MR) is 136 cm³/mol. The van der Waals surface area contributed by atoms with Crippen LogP contribution in [0.2, 0.25) is 0 Å². The summed E-state index contributed by atoms with van der Waals surface area (Å²) in [5.41, 5.74) is 3.31. The molecule has 0 saturated carbocycles. The molecule has 0 spiro atoms. The van der Waals surface area contributed by atoms with Crippen LogP contribution in [0.5, 0.6) is 5.75 Å². The number of aromatic amines is 1. The Labute approximate surface area is 199 Å². The summed E-state index contributed by atoms with van der Waals surface area (Å²) in [5, 5.41) is 3.94. The zero-order chi connectivity index (χ0) is 24.3. The number of methoxy groups -OCH3 is 1. The normalized spacial score (nSPS) is 11.6. The third kappa shape index (κ3) is 5.36. The number of H-pyrrole nitrogens is 1. The first-order valence-corrected chi connectivity index (χ1v) is 12.9. The summed E-state index contributed by atoms with van der Waals surface area (Å²) in [7, 11) is -1.77. The van der Waals surface area contributed by atoms with E-state index in [0.717, 1.165) is 28.5 Å². The maximum absolute atomic E-state index is 12.4. The predicted octanol–water partition coefficient (Wildman–Crippen LogP) is 3.80. The Kier molecular flexibility index (Phi) is 6.53. The molecule has 2 heterocycles. The van der Waals surface area contributed by atoms with Crippen molar-refractivity contribution < 1.29 is 13.2 Å². The molecule has 0 unspecified atom stereocenters. The minimum absolute atomic E-state index is 0.469. The maximum Gasteiger partial charge on any atom is 0.332 e. The average Bonchev–Trinajstić information content (AvgIpc) is 3.32. The lowest BCUT2D eigenvalue weighted by Crippen LogP contribution is -2.27. The lowest BCUT2D eigenvalue weighted by molar-refractivity contribution is 0.415. The van der Waals surface area contributed by atoms with E-state index in [1.54, 1.807) is 48.8 Å². The summed E-state index contributed by atoms with van der Waals surface area (Å²) in [6.45, 7) is 0. The first kappa shape index (κ1) is 23.3. The van der Waals surface area contributed by atoms with E-state index in [9.17, 15) is 18.0 Å². The summed E-state index contributed by atoms with van der Waals surface area (Å²) in [6, 6.07) is 13.8. The van der Waals surface area contributed by atoms with Crippen LogP contribution in [0.25, 0.3) is 29.0 Å². The highest BCUT2D eigenvalue weighted by atomic mass is 32.2. The molecule has 0 saturated heterocycles. The van der Waals surface area contributed by atoms with Gasteiger partial charge in [-0.2, -0.15) is 11.3 Å². The molecule has 0 bridgehead atoms. The van der Waals surface area contributed by atoms with Gasteiger partial charge in [-0.3, -0.25) is 19.1 Å². The molecule has 10 heteroatoms. The molecule has 174 valence electrons. The summed E-state index contributed by atoms with van der Waals surface area (Å²) in [5.74, 6) is 0.631. The molecule has 0 fully saturated rings. The summed E-state index contributed by atoms with van der Waals surface area (Å²) in [6.07, 6.45) is 6.24. The Balaban J connectivity index is 1.80. The van der Waals surface area contributed by atoms with E-state index < -0.39 is 21.3 Å². The van der Waals surface area contributed by atoms with Gasteiger partial charge in [-0.15, -0.1) is 0 Å². The van der Waals surface area contributed by atoms with Crippen LogP contribution in [-0.2, 0) is 10.0 Å². The summed E-state index contributed by atoms with van der Waals surface area (Å²) in [4.78, 5) is 26.2. The van der Waals surface area contributed by atoms with E-state index in [4.69, 9.17) is 4.74 Å². The highest BCUT2D eigenvalue weighted by Gasteiger charge is 2.14. The Hall–Kier alpha value is -3.89. The number of nitrogens with one attached hydrogen (secondary N) is 2. The van der Waals surface area contributed by atoms with E-state index >= 15 is 0 Å². The number of nitrogens with zero attached hydrogens (tertiary/aromatic N) is 1. The second-order valence-corrected chi connectivity index (χ2v) is 9.97. The molecular weight excluding hydrogens is 474 g/mol. The molecule has 8 nitrogen and oxygen atoms in total. The number of anilines is 1. The van der Waals surface area contributed by atoms with Crippen molar-refractivity contribution in [3.05, 3.63) is 97.5 Å². The number of thiophene rings is 1. The van der Waals surface area contributed by atoms with Gasteiger partial charge in [0.25, 0.3) is 5.56 Å². The van der Waals surface area contributed by atoms with Crippen molar-refractivity contribution in [2.24, 2.45) is 0 Å². The molecule has 34 heavy (non-hydrogen) atoms. The van der Waals surface area contributed by atoms with Crippen molar-refractivity contribution >= 4 is 39.2 Å². The fourth-order valence-electron chi connectivity index (χ4n) is 3.44. The number of ether oxygens (including phenoxy) is 1. The Bertz CT molecular complexity index is 1570. The van der Waals surface area contributed by atoms with Gasteiger partial charge in [-0.1, -0.05) is 24.3 Å². The lowest BCUT2D eigenvalue weighted by atomic mass is 10.0. The van der Waals surface area contributed by atoms with Crippen LogP contribution < -0.4 is 20.7 Å². The molecule has 0 aliphatic rings. The Morgan fingerprint density at radius 2 is 1.82 bits per heavy atom. The van der Waals surface area contributed by atoms with Gasteiger partial charge in [0.05, 0.1) is 19.1 Å². The monoisotopic (exact) mass is 495 g/mol. The molecular formula is C24H21N3O5S2. The number of aromatic nitrogens is 2. The number of benzene rings is 2. The molecule has 0 amide bonds. The van der Waals surface area contributed by atoms with Crippen LogP contribution in [0.15, 0.2) is 75.1 Å². The minimum atomic E-state index is -3.35. The first-order valence-electron chi connectivity index (χ1n) is 10.1. The van der Waals surface area contributed by atoms with Gasteiger partial charge in [0.15, 0.2) is 0 Å². The van der Waals surface area contributed by atoms with Crippen LogP contribution in [0, 0.1) is 0 Å². The molecule has 2 N–H and O–H groups in total. The molecule has 4 aromatic rings. The lowest BCUT2D eigenvalue weighted by Gasteiger charge is -2.15. The number of hydrogen-bond donors (Lipinski definition) is 2. The van der Waals surface area contributed by atoms with Gasteiger partial charge < -0.3 is 4.74 Å². The van der Waals surface area contributed by atoms with Crippen LogP contribution in [0.4, 0.5) is 5.69 Å². The number of hydrogen-bond acceptors (Lipinski definition) is 6. The number of rotatable bonds is 7. The Morgan fingerprint density at radius 3 is 2.44 bits per heavy atom. The van der Waals surface area contributed by atoms with Crippen LogP contribution in [0.3, 0.4) is 0 Å². The van der Waals surface area contributed by atoms with Gasteiger partial charge in [-0.05, 0) is 52.2 Å². The summed E-state index contributed by atoms with van der Waals surface area (Å²) >= 11 is 1.54. The number of sulfonamides is 1. The fraction of sp³-hybridized carbons (Fsp3) is 0.0833. The average molecular weight is 496 g/mol. The van der Waals surface area contributed by atoms with E-state index in [-0.39, 0.29) is 0 Å². The minimum Gasteiger partial charge on any atom is -0.495 e. The first-order chi connectivity index (χ1) is 16.2. The van der Waals surface area contributed by atoms with E-state index in [1.165, 1.54) is 16.8 Å². The fourth-order valence-corrected chi connectivity index (χ4v) is 4.66. The van der Waals surface area contributed by atoms with Crippen molar-refractivity contribution in [1.82, 2.24) is 9.55 Å². The maximum atomic E-state index is 12.4. The molecule has 2 aromatic heterocycles. The molecule has 0 radical (unpaired) electrons. The van der Waals surface area contributed by atoms with E-state index in [1.807, 2.05) is 35.0 Å². The zero-order valence-electron chi connectivity index (χ0n) is 18.3. The van der Waals surface area contributed by atoms with E-state index in [2.05, 4.69) is 9.71 Å². The quantitative estimate of drug-likeness (QED) is 0.379. The van der Waals surface area contributed by atoms with Crippen LogP contribution >= 0.6 is 11.3 Å². The molecule has 2 aromatic carbocycles. The van der Waals surface area contributed by atoms with E-state index in [0.29, 0.717) is 17.1 Å². The van der Waals surface area contributed by atoms with Crippen molar-refractivity contribution in [1.29, 1.82) is 0 Å². The van der Waals surface area contributed by atoms with Crippen LogP contribution in [-0.4, -0.2) is 31.3 Å². The Morgan fingerprint density at radius 1 is 1.06 bits per heavy atom. The third-order valence-electron chi connectivity index (χ3n) is 4.91. The van der Waals surface area contributed by atoms with Gasteiger partial charge in [0, 0.05) is 29.1 Å². The highest BCUT2D eigenvalue weighted by Crippen LogP contribution is 2.37. The van der Waals surface area contributed by atoms with Crippen molar-refractivity contribution in [2.75, 3.05) is 18.1 Å². The summed E-state index contributed by atoms with van der Waals surface area (Å²) < 4.78 is 32.3. The van der Waals surface area contributed by atoms with Gasteiger partial charge in [0.1, 0.15) is 5.75 Å². The standard InChI is InChI=1S/C24H21N3O5S2/c1-32-23-17(6-3-16-4-7-19(8-5-16)26-34(2,30)31)13-20(14-21(23)18-10-12-33-15-18)27-11-9-22(28)25-24(27)29/h3-15,26H,1-2H3,(H,25,28,29). The van der Waals surface area contributed by atoms with Gasteiger partial charge in [0.2, 0.25) is 10.0 Å². The van der Waals surface area contributed by atoms with Crippen LogP contribution in [0.1, 0.15) is 11.1 Å². The SMILES string of the molecule is COc1c(C=Cc2ccc(NS(C)(=O)=O)cc2)cc(-n2ccc(=O)[nH]c2=O)cc1-c1ccsc1. The third-order valence-corrected chi connectivity index (χ3v) is 6.20. The largest absolute Gasteiger partial charge is 0.495 e. The molecule has 4 rings (SSSR count).